The molecule has 21 heavy (non-hydrogen) atoms. The quantitative estimate of drug-likeness (QED) is 0.748. The predicted molar refractivity (Wildman–Crippen MR) is 95.1 cm³/mol. The highest BCUT2D eigenvalue weighted by molar-refractivity contribution is 9.10. The lowest BCUT2D eigenvalue weighted by molar-refractivity contribution is 0.405. The van der Waals surface area contributed by atoms with Crippen LogP contribution in [0.5, 0.6) is 5.75 Å². The van der Waals surface area contributed by atoms with Crippen LogP contribution < -0.4 is 10.1 Å². The third kappa shape index (κ3) is 4.83. The normalized spacial score (nSPS) is 12.2. The fourth-order valence-corrected chi connectivity index (χ4v) is 3.03. The van der Waals surface area contributed by atoms with E-state index < -0.39 is 0 Å². The van der Waals surface area contributed by atoms with Gasteiger partial charge in [0.25, 0.3) is 0 Å². The van der Waals surface area contributed by atoms with Crippen molar-refractivity contribution < 1.29 is 4.74 Å². The van der Waals surface area contributed by atoms with Gasteiger partial charge in [0.2, 0.25) is 0 Å². The molecule has 0 amide bonds. The van der Waals surface area contributed by atoms with Crippen LogP contribution in [0.3, 0.4) is 0 Å². The maximum Gasteiger partial charge on any atom is 0.122 e. The molecular weight excluding hydrogens is 394 g/mol. The lowest BCUT2D eigenvalue weighted by Gasteiger charge is -2.18. The first-order valence-corrected chi connectivity index (χ1v) is 8.45. The van der Waals surface area contributed by atoms with Gasteiger partial charge in [-0.25, -0.2) is 0 Å². The van der Waals surface area contributed by atoms with Gasteiger partial charge in [0.05, 0.1) is 7.11 Å². The molecule has 2 aromatic rings. The van der Waals surface area contributed by atoms with Crippen LogP contribution in [0.2, 0.25) is 0 Å². The molecule has 0 aliphatic carbocycles. The maximum absolute atomic E-state index is 5.46. The molecule has 2 nitrogen and oxygen atoms in total. The van der Waals surface area contributed by atoms with Crippen molar-refractivity contribution in [1.82, 2.24) is 5.32 Å². The third-order valence-electron chi connectivity index (χ3n) is 3.51. The minimum absolute atomic E-state index is 0.370. The highest BCUT2D eigenvalue weighted by Crippen LogP contribution is 2.25. The summed E-state index contributed by atoms with van der Waals surface area (Å²) in [7, 11) is 3.73. The molecule has 2 rings (SSSR count). The number of hydrogen-bond donors (Lipinski definition) is 1. The number of ether oxygens (including phenoxy) is 1. The molecule has 0 bridgehead atoms. The largest absolute Gasteiger partial charge is 0.496 e. The fraction of sp³-hybridized carbons (Fsp3) is 0.294. The zero-order chi connectivity index (χ0) is 15.2. The summed E-state index contributed by atoms with van der Waals surface area (Å²) in [6.45, 7) is 0. The number of likely N-dealkylation sites (N-methyl/N-ethyl adjacent to an activating group) is 1. The van der Waals surface area contributed by atoms with E-state index in [-0.39, 0.29) is 0 Å². The fourth-order valence-electron chi connectivity index (χ4n) is 2.35. The van der Waals surface area contributed by atoms with Gasteiger partial charge in [-0.3, -0.25) is 0 Å². The highest BCUT2D eigenvalue weighted by atomic mass is 79.9. The van der Waals surface area contributed by atoms with E-state index in [9.17, 15) is 0 Å². The first-order chi connectivity index (χ1) is 10.1. The summed E-state index contributed by atoms with van der Waals surface area (Å²) in [6, 6.07) is 15.0. The summed E-state index contributed by atoms with van der Waals surface area (Å²) in [5, 5.41) is 3.40. The molecule has 0 aliphatic heterocycles. The molecular formula is C17H19Br2NO. The van der Waals surface area contributed by atoms with E-state index >= 15 is 0 Å². The van der Waals surface area contributed by atoms with Crippen LogP contribution in [0.15, 0.2) is 51.4 Å². The minimum atomic E-state index is 0.370. The van der Waals surface area contributed by atoms with Crippen molar-refractivity contribution in [3.05, 3.63) is 62.5 Å². The molecule has 112 valence electrons. The van der Waals surface area contributed by atoms with Gasteiger partial charge in [0, 0.05) is 15.0 Å². The molecule has 0 saturated carbocycles. The second-order valence-electron chi connectivity index (χ2n) is 4.98. The summed E-state index contributed by atoms with van der Waals surface area (Å²) in [4.78, 5) is 0. The lowest BCUT2D eigenvalue weighted by Crippen LogP contribution is -2.30. The van der Waals surface area contributed by atoms with Crippen molar-refractivity contribution in [2.75, 3.05) is 14.2 Å². The molecule has 0 radical (unpaired) electrons. The maximum atomic E-state index is 5.46. The van der Waals surface area contributed by atoms with Crippen molar-refractivity contribution in [3.63, 3.8) is 0 Å². The highest BCUT2D eigenvalue weighted by Gasteiger charge is 2.12. The van der Waals surface area contributed by atoms with E-state index in [2.05, 4.69) is 67.5 Å². The SMILES string of the molecule is CNC(Cc1ccc(Br)cc1)Cc1cc(Br)ccc1OC. The molecule has 2 aromatic carbocycles. The second-order valence-corrected chi connectivity index (χ2v) is 6.81. The van der Waals surface area contributed by atoms with Crippen LogP contribution in [0.1, 0.15) is 11.1 Å². The van der Waals surface area contributed by atoms with Crippen LogP contribution in [-0.4, -0.2) is 20.2 Å². The number of rotatable bonds is 6. The molecule has 1 unspecified atom stereocenters. The van der Waals surface area contributed by atoms with Crippen molar-refractivity contribution in [1.29, 1.82) is 0 Å². The number of halogens is 2. The Labute approximate surface area is 143 Å². The number of benzene rings is 2. The van der Waals surface area contributed by atoms with Gasteiger partial charge in [0.15, 0.2) is 0 Å². The smallest absolute Gasteiger partial charge is 0.122 e. The summed E-state index contributed by atoms with van der Waals surface area (Å²) < 4.78 is 7.65. The monoisotopic (exact) mass is 411 g/mol. The summed E-state index contributed by atoms with van der Waals surface area (Å²) in [5.41, 5.74) is 2.54. The Kier molecular flexibility index (Phi) is 6.27. The van der Waals surface area contributed by atoms with Crippen molar-refractivity contribution in [2.24, 2.45) is 0 Å². The topological polar surface area (TPSA) is 21.3 Å². The molecule has 0 aromatic heterocycles. The Bertz CT molecular complexity index is 584. The Morgan fingerprint density at radius 3 is 2.29 bits per heavy atom. The average molecular weight is 413 g/mol. The molecule has 0 fully saturated rings. The first-order valence-electron chi connectivity index (χ1n) is 6.86. The van der Waals surface area contributed by atoms with E-state index in [1.54, 1.807) is 7.11 Å². The van der Waals surface area contributed by atoms with E-state index in [0.29, 0.717) is 6.04 Å². The van der Waals surface area contributed by atoms with Gasteiger partial charge in [-0.2, -0.15) is 0 Å². The molecule has 1 atom stereocenters. The van der Waals surface area contributed by atoms with E-state index in [4.69, 9.17) is 4.74 Å². The Morgan fingerprint density at radius 2 is 1.67 bits per heavy atom. The van der Waals surface area contributed by atoms with Crippen LogP contribution in [0.4, 0.5) is 0 Å². The van der Waals surface area contributed by atoms with Crippen LogP contribution in [-0.2, 0) is 12.8 Å². The summed E-state index contributed by atoms with van der Waals surface area (Å²) in [6.07, 6.45) is 1.91. The van der Waals surface area contributed by atoms with Gasteiger partial charge < -0.3 is 10.1 Å². The Morgan fingerprint density at radius 1 is 1.00 bits per heavy atom. The Hall–Kier alpha value is -0.840. The van der Waals surface area contributed by atoms with Gasteiger partial charge in [-0.05, 0) is 61.3 Å². The van der Waals surface area contributed by atoms with Crippen molar-refractivity contribution in [2.45, 2.75) is 18.9 Å². The van der Waals surface area contributed by atoms with Gasteiger partial charge in [-0.1, -0.05) is 44.0 Å². The van der Waals surface area contributed by atoms with Crippen LogP contribution in [0.25, 0.3) is 0 Å². The molecule has 0 heterocycles. The van der Waals surface area contributed by atoms with Gasteiger partial charge in [0.1, 0.15) is 5.75 Å². The number of hydrogen-bond acceptors (Lipinski definition) is 2. The second kappa shape index (κ2) is 7.97. The first kappa shape index (κ1) is 16.5. The molecule has 0 aliphatic rings. The zero-order valence-electron chi connectivity index (χ0n) is 12.2. The van der Waals surface area contributed by atoms with E-state index in [1.807, 2.05) is 19.2 Å². The third-order valence-corrected chi connectivity index (χ3v) is 4.53. The summed E-state index contributed by atoms with van der Waals surface area (Å²) >= 11 is 7.00. The van der Waals surface area contributed by atoms with E-state index in [0.717, 1.165) is 27.5 Å². The van der Waals surface area contributed by atoms with Crippen LogP contribution in [0, 0.1) is 0 Å². The molecule has 0 spiro atoms. The minimum Gasteiger partial charge on any atom is -0.496 e. The molecule has 1 N–H and O–H groups in total. The Balaban J connectivity index is 2.11. The van der Waals surface area contributed by atoms with Crippen molar-refractivity contribution >= 4 is 31.9 Å². The zero-order valence-corrected chi connectivity index (χ0v) is 15.4. The van der Waals surface area contributed by atoms with E-state index in [1.165, 1.54) is 11.1 Å². The molecule has 0 saturated heterocycles. The van der Waals surface area contributed by atoms with Gasteiger partial charge >= 0.3 is 0 Å². The summed E-state index contributed by atoms with van der Waals surface area (Å²) in [5.74, 6) is 0.939. The average Bonchev–Trinajstić information content (AvgIpc) is 2.49. The number of nitrogens with one attached hydrogen (secondary N) is 1. The standard InChI is InChI=1S/C17H19Br2NO/c1-20-16(9-12-3-5-14(18)6-4-12)11-13-10-15(19)7-8-17(13)21-2/h3-8,10,16,20H,9,11H2,1-2H3. The predicted octanol–water partition coefficient (Wildman–Crippen LogP) is 4.59. The lowest BCUT2D eigenvalue weighted by atomic mass is 9.98. The number of methoxy groups -OCH3 is 1. The van der Waals surface area contributed by atoms with Crippen molar-refractivity contribution in [3.8, 4) is 5.75 Å². The van der Waals surface area contributed by atoms with Gasteiger partial charge in [-0.15, -0.1) is 0 Å². The molecule has 4 heteroatoms. The van der Waals surface area contributed by atoms with Crippen LogP contribution >= 0.6 is 31.9 Å².